The smallest absolute Gasteiger partial charge is 0.308 e. The lowest BCUT2D eigenvalue weighted by molar-refractivity contribution is -0.141. The van der Waals surface area contributed by atoms with Crippen LogP contribution in [0.25, 0.3) is 0 Å². The normalized spacial score (nSPS) is 11.9. The number of amides is 1. The molecule has 116 valence electrons. The molecule has 5 nitrogen and oxygen atoms in total. The number of ether oxygens (including phenoxy) is 1. The Kier molecular flexibility index (Phi) is 7.46. The van der Waals surface area contributed by atoms with E-state index in [4.69, 9.17) is 9.84 Å². The number of carboxylic acid groups (broad SMARTS) is 1. The summed E-state index contributed by atoms with van der Waals surface area (Å²) in [5.41, 5.74) is 1.90. The number of carbonyl (C=O) groups excluding carboxylic acids is 1. The molecule has 2 N–H and O–H groups in total. The van der Waals surface area contributed by atoms with Crippen LogP contribution >= 0.6 is 0 Å². The molecule has 1 amide bonds. The average Bonchev–Trinajstić information content (AvgIpc) is 2.44. The van der Waals surface area contributed by atoms with Gasteiger partial charge < -0.3 is 15.2 Å². The van der Waals surface area contributed by atoms with Gasteiger partial charge >= 0.3 is 5.97 Å². The second kappa shape index (κ2) is 9.13. The molecule has 0 saturated carbocycles. The van der Waals surface area contributed by atoms with E-state index in [0.717, 1.165) is 17.5 Å². The van der Waals surface area contributed by atoms with E-state index >= 15 is 0 Å². The summed E-state index contributed by atoms with van der Waals surface area (Å²) in [4.78, 5) is 22.9. The molecule has 0 saturated heterocycles. The van der Waals surface area contributed by atoms with E-state index in [2.05, 4.69) is 5.32 Å². The van der Waals surface area contributed by atoms with Crippen LogP contribution in [0, 0.1) is 5.92 Å². The Morgan fingerprint density at radius 1 is 1.33 bits per heavy atom. The van der Waals surface area contributed by atoms with E-state index in [1.165, 1.54) is 0 Å². The van der Waals surface area contributed by atoms with Crippen molar-refractivity contribution in [3.63, 3.8) is 0 Å². The summed E-state index contributed by atoms with van der Waals surface area (Å²) in [6.45, 7) is 2.62. The Labute approximate surface area is 125 Å². The first-order valence-electron chi connectivity index (χ1n) is 7.13. The average molecular weight is 293 g/mol. The van der Waals surface area contributed by atoms with Crippen LogP contribution in [0.5, 0.6) is 0 Å². The minimum atomic E-state index is -0.862. The molecule has 1 aromatic carbocycles. The van der Waals surface area contributed by atoms with Gasteiger partial charge in [-0.1, -0.05) is 37.6 Å². The molecule has 0 bridgehead atoms. The van der Waals surface area contributed by atoms with Gasteiger partial charge in [-0.2, -0.15) is 0 Å². The van der Waals surface area contributed by atoms with Crippen molar-refractivity contribution in [1.82, 2.24) is 5.32 Å². The molecule has 0 fully saturated rings. The summed E-state index contributed by atoms with van der Waals surface area (Å²) in [6, 6.07) is 7.62. The number of hydrogen-bond acceptors (Lipinski definition) is 3. The number of carbonyl (C=O) groups is 2. The number of methoxy groups -OCH3 is 1. The van der Waals surface area contributed by atoms with Gasteiger partial charge in [0.15, 0.2) is 0 Å². The second-order valence-corrected chi connectivity index (χ2v) is 5.06. The van der Waals surface area contributed by atoms with Crippen molar-refractivity contribution in [2.45, 2.75) is 32.8 Å². The first-order valence-corrected chi connectivity index (χ1v) is 7.13. The van der Waals surface area contributed by atoms with Crippen molar-refractivity contribution in [2.75, 3.05) is 13.7 Å². The molecule has 0 spiro atoms. The zero-order chi connectivity index (χ0) is 15.7. The molecule has 0 aliphatic heterocycles. The highest BCUT2D eigenvalue weighted by Crippen LogP contribution is 2.08. The standard InChI is InChI=1S/C16H23NO4/c1-3-5-14(16(19)20)10-17-15(18)9-12-6-4-7-13(8-12)11-21-2/h4,6-8,14H,3,5,9-11H2,1-2H3,(H,17,18)(H,19,20). The summed E-state index contributed by atoms with van der Waals surface area (Å²) in [5.74, 6) is -1.54. The summed E-state index contributed by atoms with van der Waals surface area (Å²) >= 11 is 0. The van der Waals surface area contributed by atoms with Crippen LogP contribution in [0.15, 0.2) is 24.3 Å². The van der Waals surface area contributed by atoms with Crippen LogP contribution in [0.4, 0.5) is 0 Å². The Morgan fingerprint density at radius 3 is 2.67 bits per heavy atom. The number of hydrogen-bond donors (Lipinski definition) is 2. The van der Waals surface area contributed by atoms with E-state index in [1.807, 2.05) is 31.2 Å². The van der Waals surface area contributed by atoms with E-state index in [9.17, 15) is 9.59 Å². The highest BCUT2D eigenvalue weighted by molar-refractivity contribution is 5.79. The van der Waals surface area contributed by atoms with Crippen molar-refractivity contribution in [1.29, 1.82) is 0 Å². The van der Waals surface area contributed by atoms with Crippen molar-refractivity contribution in [2.24, 2.45) is 5.92 Å². The fourth-order valence-corrected chi connectivity index (χ4v) is 2.14. The molecule has 0 aliphatic rings. The maximum atomic E-state index is 11.9. The van der Waals surface area contributed by atoms with E-state index in [1.54, 1.807) is 7.11 Å². The van der Waals surface area contributed by atoms with Gasteiger partial charge in [0.05, 0.1) is 18.9 Å². The minimum Gasteiger partial charge on any atom is -0.481 e. The van der Waals surface area contributed by atoms with Gasteiger partial charge in [-0.05, 0) is 17.5 Å². The van der Waals surface area contributed by atoms with Crippen LogP contribution in [0.3, 0.4) is 0 Å². The lowest BCUT2D eigenvalue weighted by Crippen LogP contribution is -2.33. The number of aliphatic carboxylic acids is 1. The number of nitrogens with one attached hydrogen (secondary N) is 1. The van der Waals surface area contributed by atoms with Gasteiger partial charge in [-0.15, -0.1) is 0 Å². The first-order chi connectivity index (χ1) is 10.1. The monoisotopic (exact) mass is 293 g/mol. The van der Waals surface area contributed by atoms with Gasteiger partial charge in [-0.25, -0.2) is 0 Å². The van der Waals surface area contributed by atoms with Gasteiger partial charge in [0.25, 0.3) is 0 Å². The van der Waals surface area contributed by atoms with Crippen molar-refractivity contribution >= 4 is 11.9 Å². The molecule has 1 unspecified atom stereocenters. The maximum Gasteiger partial charge on any atom is 0.308 e. The fraction of sp³-hybridized carbons (Fsp3) is 0.500. The van der Waals surface area contributed by atoms with Crippen LogP contribution in [-0.4, -0.2) is 30.6 Å². The lowest BCUT2D eigenvalue weighted by Gasteiger charge is -2.12. The molecule has 0 radical (unpaired) electrons. The number of carboxylic acids is 1. The Bertz CT molecular complexity index is 473. The number of benzene rings is 1. The zero-order valence-electron chi connectivity index (χ0n) is 12.6. The quantitative estimate of drug-likeness (QED) is 0.730. The van der Waals surface area contributed by atoms with Crippen LogP contribution in [0.1, 0.15) is 30.9 Å². The first kappa shape index (κ1) is 17.2. The maximum absolute atomic E-state index is 11.9. The topological polar surface area (TPSA) is 75.6 Å². The van der Waals surface area contributed by atoms with Gasteiger partial charge in [0.2, 0.25) is 5.91 Å². The van der Waals surface area contributed by atoms with Gasteiger partial charge in [-0.3, -0.25) is 9.59 Å². The molecule has 0 aliphatic carbocycles. The molecular weight excluding hydrogens is 270 g/mol. The predicted molar refractivity (Wildman–Crippen MR) is 79.9 cm³/mol. The molecular formula is C16H23NO4. The largest absolute Gasteiger partial charge is 0.481 e. The van der Waals surface area contributed by atoms with E-state index in [0.29, 0.717) is 13.0 Å². The second-order valence-electron chi connectivity index (χ2n) is 5.06. The molecule has 1 aromatic rings. The predicted octanol–water partition coefficient (Wildman–Crippen LogP) is 1.99. The van der Waals surface area contributed by atoms with E-state index in [-0.39, 0.29) is 18.9 Å². The third kappa shape index (κ3) is 6.40. The molecule has 0 heterocycles. The summed E-state index contributed by atoms with van der Waals surface area (Å²) in [6.07, 6.45) is 1.60. The fourth-order valence-electron chi connectivity index (χ4n) is 2.14. The summed E-state index contributed by atoms with van der Waals surface area (Å²) < 4.78 is 5.05. The SMILES string of the molecule is CCCC(CNC(=O)Cc1cccc(COC)c1)C(=O)O. The van der Waals surface area contributed by atoms with Crippen molar-refractivity contribution < 1.29 is 19.4 Å². The van der Waals surface area contributed by atoms with Crippen LogP contribution in [-0.2, 0) is 27.4 Å². The van der Waals surface area contributed by atoms with E-state index < -0.39 is 11.9 Å². The Morgan fingerprint density at radius 2 is 2.05 bits per heavy atom. The van der Waals surface area contributed by atoms with Gasteiger partial charge in [0.1, 0.15) is 0 Å². The third-order valence-corrected chi connectivity index (χ3v) is 3.20. The molecule has 21 heavy (non-hydrogen) atoms. The molecule has 1 atom stereocenters. The molecule has 1 rings (SSSR count). The summed E-state index contributed by atoms with van der Waals surface area (Å²) in [7, 11) is 1.62. The van der Waals surface area contributed by atoms with Crippen molar-refractivity contribution in [3.8, 4) is 0 Å². The number of rotatable bonds is 9. The third-order valence-electron chi connectivity index (χ3n) is 3.20. The molecule has 5 heteroatoms. The zero-order valence-corrected chi connectivity index (χ0v) is 12.6. The van der Waals surface area contributed by atoms with Crippen LogP contribution < -0.4 is 5.32 Å². The Hall–Kier alpha value is -1.88. The minimum absolute atomic E-state index is 0.160. The highest BCUT2D eigenvalue weighted by Gasteiger charge is 2.17. The van der Waals surface area contributed by atoms with Crippen LogP contribution in [0.2, 0.25) is 0 Å². The Balaban J connectivity index is 2.49. The lowest BCUT2D eigenvalue weighted by atomic mass is 10.0. The summed E-state index contributed by atoms with van der Waals surface area (Å²) in [5, 5.41) is 11.7. The van der Waals surface area contributed by atoms with Gasteiger partial charge in [0, 0.05) is 13.7 Å². The highest BCUT2D eigenvalue weighted by atomic mass is 16.5. The molecule has 0 aromatic heterocycles. The van der Waals surface area contributed by atoms with Crippen molar-refractivity contribution in [3.05, 3.63) is 35.4 Å².